The highest BCUT2D eigenvalue weighted by atomic mass is 35.5. The normalized spacial score (nSPS) is 19.3. The largest absolute Gasteiger partial charge is 0.497 e. The number of alkyl halides is 1. The second-order valence-electron chi connectivity index (χ2n) is 7.63. The van der Waals surface area contributed by atoms with E-state index in [0.29, 0.717) is 0 Å². The molecule has 4 rings (SSSR count). The van der Waals surface area contributed by atoms with Gasteiger partial charge >= 0.3 is 0 Å². The fourth-order valence-corrected chi connectivity index (χ4v) is 4.90. The zero-order valence-electron chi connectivity index (χ0n) is 16.2. The molecular weight excluding hydrogens is 366 g/mol. The highest BCUT2D eigenvalue weighted by Crippen LogP contribution is 2.42. The van der Waals surface area contributed by atoms with Gasteiger partial charge in [0.15, 0.2) is 0 Å². The summed E-state index contributed by atoms with van der Waals surface area (Å²) in [6.45, 7) is 2.74. The zero-order chi connectivity index (χ0) is 19.4. The van der Waals surface area contributed by atoms with Crippen molar-refractivity contribution < 1.29 is 4.74 Å². The van der Waals surface area contributed by atoms with Gasteiger partial charge in [0, 0.05) is 30.4 Å². The number of hydrogen-bond acceptors (Lipinski definition) is 2. The van der Waals surface area contributed by atoms with Crippen LogP contribution in [0.15, 0.2) is 84.9 Å². The maximum absolute atomic E-state index is 6.85. The molecule has 1 unspecified atom stereocenters. The monoisotopic (exact) mass is 391 g/mol. The predicted octanol–water partition coefficient (Wildman–Crippen LogP) is 5.49. The number of hydrogen-bond donors (Lipinski definition) is 0. The zero-order valence-corrected chi connectivity index (χ0v) is 17.0. The van der Waals surface area contributed by atoms with Crippen LogP contribution in [0, 0.1) is 0 Å². The van der Waals surface area contributed by atoms with Gasteiger partial charge in [0.2, 0.25) is 0 Å². The summed E-state index contributed by atoms with van der Waals surface area (Å²) in [5.74, 6) is 0.889. The lowest BCUT2D eigenvalue weighted by atomic mass is 9.69. The van der Waals surface area contributed by atoms with E-state index in [1.807, 2.05) is 12.1 Å². The Morgan fingerprint density at radius 1 is 0.893 bits per heavy atom. The molecule has 144 valence electrons. The molecule has 0 aliphatic carbocycles. The molecule has 0 N–H and O–H groups in total. The Labute approximate surface area is 172 Å². The summed E-state index contributed by atoms with van der Waals surface area (Å²) in [6.07, 6.45) is 0.946. The number of halogens is 1. The third kappa shape index (κ3) is 3.94. The van der Waals surface area contributed by atoms with Crippen LogP contribution in [0.2, 0.25) is 0 Å². The van der Waals surface area contributed by atoms with E-state index in [0.717, 1.165) is 31.8 Å². The van der Waals surface area contributed by atoms with Crippen LogP contribution in [-0.4, -0.2) is 30.5 Å². The molecule has 2 nitrogen and oxygen atoms in total. The molecule has 1 aliphatic heterocycles. The number of nitrogens with zero attached hydrogens (tertiary/aromatic N) is 1. The molecule has 3 aromatic carbocycles. The number of piperidine rings is 1. The third-order valence-corrected chi connectivity index (χ3v) is 6.03. The molecule has 1 atom stereocenters. The van der Waals surface area contributed by atoms with Gasteiger partial charge in [-0.05, 0) is 35.2 Å². The maximum Gasteiger partial charge on any atom is 0.118 e. The quantitative estimate of drug-likeness (QED) is 0.533. The predicted molar refractivity (Wildman–Crippen MR) is 116 cm³/mol. The molecule has 0 amide bonds. The molecule has 3 heteroatoms. The van der Waals surface area contributed by atoms with E-state index < -0.39 is 0 Å². The molecule has 1 fully saturated rings. The highest BCUT2D eigenvalue weighted by Gasteiger charge is 2.41. The second-order valence-corrected chi connectivity index (χ2v) is 8.25. The van der Waals surface area contributed by atoms with Crippen molar-refractivity contribution >= 4 is 11.6 Å². The van der Waals surface area contributed by atoms with Gasteiger partial charge in [0.05, 0.1) is 7.11 Å². The van der Waals surface area contributed by atoms with Crippen LogP contribution >= 0.6 is 11.6 Å². The van der Waals surface area contributed by atoms with E-state index >= 15 is 0 Å². The standard InChI is InChI=1S/C25H26ClNO/c1-28-24-14-12-20(13-15-24)17-27-18-23(26)16-25(19-27,21-8-4-2-5-9-21)22-10-6-3-7-11-22/h2-15,23H,16-19H2,1H3. The van der Waals surface area contributed by atoms with Crippen LogP contribution < -0.4 is 4.74 Å². The van der Waals surface area contributed by atoms with Gasteiger partial charge in [0.25, 0.3) is 0 Å². The topological polar surface area (TPSA) is 12.5 Å². The first-order valence-electron chi connectivity index (χ1n) is 9.80. The van der Waals surface area contributed by atoms with Crippen molar-refractivity contribution in [3.63, 3.8) is 0 Å². The average molecular weight is 392 g/mol. The van der Waals surface area contributed by atoms with Crippen LogP contribution in [-0.2, 0) is 12.0 Å². The molecule has 0 aromatic heterocycles. The van der Waals surface area contributed by atoms with Crippen LogP contribution in [0.4, 0.5) is 0 Å². The molecule has 0 radical (unpaired) electrons. The minimum Gasteiger partial charge on any atom is -0.497 e. The summed E-state index contributed by atoms with van der Waals surface area (Å²) in [7, 11) is 1.70. The molecular formula is C25H26ClNO. The summed E-state index contributed by atoms with van der Waals surface area (Å²) < 4.78 is 5.29. The van der Waals surface area contributed by atoms with Crippen molar-refractivity contribution in [3.05, 3.63) is 102 Å². The Bertz CT molecular complexity index is 840. The van der Waals surface area contributed by atoms with Gasteiger partial charge < -0.3 is 4.74 Å². The summed E-state index contributed by atoms with van der Waals surface area (Å²) in [6, 6.07) is 30.0. The van der Waals surface area contributed by atoms with Crippen molar-refractivity contribution in [2.75, 3.05) is 20.2 Å². The van der Waals surface area contributed by atoms with Gasteiger partial charge in [-0.2, -0.15) is 0 Å². The van der Waals surface area contributed by atoms with E-state index in [1.165, 1.54) is 16.7 Å². The third-order valence-electron chi connectivity index (χ3n) is 5.74. The number of ether oxygens (including phenoxy) is 1. The highest BCUT2D eigenvalue weighted by molar-refractivity contribution is 6.21. The van der Waals surface area contributed by atoms with Crippen molar-refractivity contribution in [1.82, 2.24) is 4.90 Å². The fraction of sp³-hybridized carbons (Fsp3) is 0.280. The van der Waals surface area contributed by atoms with Crippen molar-refractivity contribution in [2.24, 2.45) is 0 Å². The van der Waals surface area contributed by atoms with E-state index in [4.69, 9.17) is 16.3 Å². The van der Waals surface area contributed by atoms with Crippen LogP contribution in [0.5, 0.6) is 5.75 Å². The van der Waals surface area contributed by atoms with Gasteiger partial charge in [-0.3, -0.25) is 4.90 Å². The van der Waals surface area contributed by atoms with Crippen LogP contribution in [0.3, 0.4) is 0 Å². The van der Waals surface area contributed by atoms with Crippen molar-refractivity contribution in [1.29, 1.82) is 0 Å². The SMILES string of the molecule is COc1ccc(CN2CC(Cl)CC(c3ccccc3)(c3ccccc3)C2)cc1. The summed E-state index contributed by atoms with van der Waals surface area (Å²) >= 11 is 6.85. The molecule has 1 aliphatic rings. The van der Waals surface area contributed by atoms with Gasteiger partial charge in [-0.1, -0.05) is 72.8 Å². The second kappa shape index (κ2) is 8.38. The average Bonchev–Trinajstić information content (AvgIpc) is 2.75. The number of rotatable bonds is 5. The first kappa shape index (κ1) is 19.0. The lowest BCUT2D eigenvalue weighted by molar-refractivity contribution is 0.164. The summed E-state index contributed by atoms with van der Waals surface area (Å²) in [5, 5.41) is 0.104. The van der Waals surface area contributed by atoms with E-state index in [9.17, 15) is 0 Å². The van der Waals surface area contributed by atoms with Crippen molar-refractivity contribution in [2.45, 2.75) is 23.8 Å². The fourth-order valence-electron chi connectivity index (χ4n) is 4.44. The number of methoxy groups -OCH3 is 1. The molecule has 0 saturated carbocycles. The minimum absolute atomic E-state index is 0.0976. The summed E-state index contributed by atoms with van der Waals surface area (Å²) in [5.41, 5.74) is 3.86. The van der Waals surface area contributed by atoms with Gasteiger partial charge in [-0.15, -0.1) is 11.6 Å². The van der Waals surface area contributed by atoms with E-state index in [-0.39, 0.29) is 10.8 Å². The molecule has 0 bridgehead atoms. The van der Waals surface area contributed by atoms with Crippen LogP contribution in [0.1, 0.15) is 23.1 Å². The summed E-state index contributed by atoms with van der Waals surface area (Å²) in [4.78, 5) is 2.49. The molecule has 3 aromatic rings. The van der Waals surface area contributed by atoms with E-state index in [1.54, 1.807) is 7.11 Å². The van der Waals surface area contributed by atoms with E-state index in [2.05, 4.69) is 77.7 Å². The van der Waals surface area contributed by atoms with Crippen molar-refractivity contribution in [3.8, 4) is 5.75 Å². The lowest BCUT2D eigenvalue weighted by Gasteiger charge is -2.46. The Hall–Kier alpha value is -2.29. The minimum atomic E-state index is -0.0976. The van der Waals surface area contributed by atoms with Crippen LogP contribution in [0.25, 0.3) is 0 Å². The number of benzene rings is 3. The lowest BCUT2D eigenvalue weighted by Crippen LogP contribution is -2.50. The molecule has 28 heavy (non-hydrogen) atoms. The molecule has 1 saturated heterocycles. The van der Waals surface area contributed by atoms with Gasteiger partial charge in [0.1, 0.15) is 5.75 Å². The Morgan fingerprint density at radius 3 is 2.00 bits per heavy atom. The molecule has 1 heterocycles. The smallest absolute Gasteiger partial charge is 0.118 e. The first-order valence-corrected chi connectivity index (χ1v) is 10.2. The molecule has 0 spiro atoms. The first-order chi connectivity index (χ1) is 13.7. The Morgan fingerprint density at radius 2 is 1.46 bits per heavy atom. The number of likely N-dealkylation sites (tertiary alicyclic amines) is 1. The maximum atomic E-state index is 6.85. The Balaban J connectivity index is 1.68. The Kier molecular flexibility index (Phi) is 5.70. The van der Waals surface area contributed by atoms with Gasteiger partial charge in [-0.25, -0.2) is 0 Å².